The number of esters is 5. The number of fused-ring (bicyclic) bond motifs is 1. The maximum atomic E-state index is 13.5. The first-order valence-electron chi connectivity index (χ1n) is 13.8. The molecule has 1 aliphatic heterocycles. The van der Waals surface area contributed by atoms with Crippen molar-refractivity contribution < 1.29 is 52.4 Å². The molecule has 0 amide bonds. The molecule has 41 heavy (non-hydrogen) atoms. The summed E-state index contributed by atoms with van der Waals surface area (Å²) in [7, 11) is 0. The highest BCUT2D eigenvalue weighted by Crippen LogP contribution is 2.68. The number of rotatable bonds is 7. The first kappa shape index (κ1) is 30.5. The maximum Gasteiger partial charge on any atom is 0.338 e. The van der Waals surface area contributed by atoms with Gasteiger partial charge in [0.25, 0.3) is 0 Å². The fourth-order valence-corrected chi connectivity index (χ4v) is 7.44. The summed E-state index contributed by atoms with van der Waals surface area (Å²) in [6.45, 7) is 9.97. The molecule has 3 aliphatic rings. The van der Waals surface area contributed by atoms with E-state index >= 15 is 0 Å². The van der Waals surface area contributed by atoms with E-state index in [1.54, 1.807) is 44.2 Å². The molecule has 2 bridgehead atoms. The van der Waals surface area contributed by atoms with Gasteiger partial charge in [0.2, 0.25) is 0 Å². The van der Waals surface area contributed by atoms with Crippen LogP contribution in [0, 0.1) is 17.3 Å². The van der Waals surface area contributed by atoms with Crippen molar-refractivity contribution in [3.63, 3.8) is 0 Å². The molecule has 1 spiro atoms. The highest BCUT2D eigenvalue weighted by molar-refractivity contribution is 5.89. The van der Waals surface area contributed by atoms with Gasteiger partial charge in [-0.25, -0.2) is 4.79 Å². The molecule has 1 aromatic rings. The van der Waals surface area contributed by atoms with E-state index in [2.05, 4.69) is 0 Å². The Balaban J connectivity index is 2.04. The summed E-state index contributed by atoms with van der Waals surface area (Å²) < 4.78 is 36.6. The molecule has 0 radical (unpaired) electrons. The molecule has 0 N–H and O–H groups in total. The number of carbonyl (C=O) groups is 5. The standard InChI is InChI=1S/C30H38O11/c1-16-13-14-22(37-18(3)32)29(15-36-17(2)31)26(39-20(5)34)24(40-27(35)21-11-9-8-10-12-21)23-25(38-19(4)33)30(16,29)41-28(23,6)7/h8-12,16,22-26H,13-15H2,1-7H3/t16-,22+,23-,24-,25-,26-,29+,30-/m1/s1. The fourth-order valence-electron chi connectivity index (χ4n) is 7.44. The molecule has 1 saturated heterocycles. The predicted octanol–water partition coefficient (Wildman–Crippen LogP) is 3.16. The summed E-state index contributed by atoms with van der Waals surface area (Å²) in [6.07, 6.45) is -3.84. The maximum absolute atomic E-state index is 13.5. The minimum atomic E-state index is -1.63. The van der Waals surface area contributed by atoms with Gasteiger partial charge in [-0.05, 0) is 44.7 Å². The van der Waals surface area contributed by atoms with Crippen molar-refractivity contribution in [3.05, 3.63) is 35.9 Å². The Bertz CT molecular complexity index is 1210. The molecule has 4 rings (SSSR count). The van der Waals surface area contributed by atoms with Crippen LogP contribution in [-0.2, 0) is 47.6 Å². The summed E-state index contributed by atoms with van der Waals surface area (Å²) in [5.41, 5.74) is -3.95. The monoisotopic (exact) mass is 574 g/mol. The highest BCUT2D eigenvalue weighted by Gasteiger charge is 2.84. The molecule has 2 saturated carbocycles. The van der Waals surface area contributed by atoms with Gasteiger partial charge in [0, 0.05) is 27.7 Å². The van der Waals surface area contributed by atoms with Gasteiger partial charge < -0.3 is 28.4 Å². The van der Waals surface area contributed by atoms with Crippen molar-refractivity contribution in [1.82, 2.24) is 0 Å². The van der Waals surface area contributed by atoms with Crippen LogP contribution in [0.3, 0.4) is 0 Å². The van der Waals surface area contributed by atoms with Crippen molar-refractivity contribution in [2.75, 3.05) is 6.61 Å². The van der Waals surface area contributed by atoms with Crippen LogP contribution in [0.2, 0.25) is 0 Å². The van der Waals surface area contributed by atoms with Gasteiger partial charge in [-0.15, -0.1) is 0 Å². The summed E-state index contributed by atoms with van der Waals surface area (Å²) >= 11 is 0. The molecule has 11 nitrogen and oxygen atoms in total. The first-order chi connectivity index (χ1) is 19.2. The van der Waals surface area contributed by atoms with Crippen LogP contribution in [0.1, 0.15) is 71.7 Å². The fraction of sp³-hybridized carbons (Fsp3) is 0.633. The Morgan fingerprint density at radius 2 is 1.39 bits per heavy atom. The number of carbonyl (C=O) groups excluding carboxylic acids is 5. The van der Waals surface area contributed by atoms with Crippen LogP contribution in [0.15, 0.2) is 30.3 Å². The quantitative estimate of drug-likeness (QED) is 0.350. The van der Waals surface area contributed by atoms with Gasteiger partial charge in [-0.3, -0.25) is 19.2 Å². The number of benzene rings is 1. The topological polar surface area (TPSA) is 141 Å². The second-order valence-corrected chi connectivity index (χ2v) is 11.7. The molecule has 8 atom stereocenters. The number of ether oxygens (including phenoxy) is 6. The van der Waals surface area contributed by atoms with Gasteiger partial charge in [-0.1, -0.05) is 25.1 Å². The van der Waals surface area contributed by atoms with Crippen LogP contribution < -0.4 is 0 Å². The third-order valence-corrected chi connectivity index (χ3v) is 8.70. The molecule has 224 valence electrons. The molecular weight excluding hydrogens is 536 g/mol. The average Bonchev–Trinajstić information content (AvgIpc) is 3.06. The second-order valence-electron chi connectivity index (χ2n) is 11.7. The normalized spacial score (nSPS) is 34.9. The first-order valence-corrected chi connectivity index (χ1v) is 13.8. The minimum absolute atomic E-state index is 0.245. The molecule has 1 aromatic carbocycles. The molecule has 0 unspecified atom stereocenters. The van der Waals surface area contributed by atoms with Crippen molar-refractivity contribution >= 4 is 29.8 Å². The van der Waals surface area contributed by atoms with Crippen LogP contribution in [0.4, 0.5) is 0 Å². The number of hydrogen-bond acceptors (Lipinski definition) is 11. The Hall–Kier alpha value is -3.47. The number of hydrogen-bond donors (Lipinski definition) is 0. The molecule has 0 aromatic heterocycles. The van der Waals surface area contributed by atoms with Crippen LogP contribution in [-0.4, -0.2) is 72.1 Å². The average molecular weight is 575 g/mol. The third kappa shape index (κ3) is 5.09. The van der Waals surface area contributed by atoms with Gasteiger partial charge in [0.05, 0.1) is 17.1 Å². The van der Waals surface area contributed by atoms with Crippen LogP contribution in [0.25, 0.3) is 0 Å². The van der Waals surface area contributed by atoms with Crippen molar-refractivity contribution in [1.29, 1.82) is 0 Å². The van der Waals surface area contributed by atoms with E-state index in [4.69, 9.17) is 28.4 Å². The van der Waals surface area contributed by atoms with E-state index < -0.39 is 83.4 Å². The van der Waals surface area contributed by atoms with E-state index in [1.807, 2.05) is 6.92 Å². The van der Waals surface area contributed by atoms with E-state index in [0.29, 0.717) is 12.8 Å². The van der Waals surface area contributed by atoms with E-state index in [0.717, 1.165) is 0 Å². The molecular formula is C30H38O11. The zero-order chi connectivity index (χ0) is 30.3. The zero-order valence-corrected chi connectivity index (χ0v) is 24.5. The largest absolute Gasteiger partial charge is 0.465 e. The van der Waals surface area contributed by atoms with Gasteiger partial charge in [0.1, 0.15) is 35.9 Å². The Kier molecular flexibility index (Phi) is 8.23. The Labute approximate surface area is 239 Å². The van der Waals surface area contributed by atoms with Gasteiger partial charge in [-0.2, -0.15) is 0 Å². The molecule has 11 heteroatoms. The van der Waals surface area contributed by atoms with Crippen LogP contribution >= 0.6 is 0 Å². The van der Waals surface area contributed by atoms with Crippen molar-refractivity contribution in [3.8, 4) is 0 Å². The zero-order valence-electron chi connectivity index (χ0n) is 24.5. The van der Waals surface area contributed by atoms with Crippen LogP contribution in [0.5, 0.6) is 0 Å². The van der Waals surface area contributed by atoms with E-state index in [9.17, 15) is 24.0 Å². The summed E-state index contributed by atoms with van der Waals surface area (Å²) in [6, 6.07) is 8.26. The smallest absolute Gasteiger partial charge is 0.338 e. The van der Waals surface area contributed by atoms with Crippen molar-refractivity contribution in [2.24, 2.45) is 17.3 Å². The second kappa shape index (κ2) is 11.1. The Morgan fingerprint density at radius 3 is 1.95 bits per heavy atom. The third-order valence-electron chi connectivity index (χ3n) is 8.70. The SMILES string of the molecule is CC(=O)OC[C@@]12[C@@H](OC(C)=O)CC[C@@H](C)[C@]13OC(C)(C)[C@H]([C@@H](OC(=O)c1ccccc1)[C@H]2OC(C)=O)[C@H]3OC(C)=O. The van der Waals surface area contributed by atoms with Gasteiger partial charge >= 0.3 is 29.8 Å². The summed E-state index contributed by atoms with van der Waals surface area (Å²) in [4.78, 5) is 63.6. The van der Waals surface area contributed by atoms with E-state index in [-0.39, 0.29) is 11.5 Å². The lowest BCUT2D eigenvalue weighted by Crippen LogP contribution is -2.79. The lowest BCUT2D eigenvalue weighted by atomic mass is 9.47. The lowest BCUT2D eigenvalue weighted by Gasteiger charge is -2.63. The summed E-state index contributed by atoms with van der Waals surface area (Å²) in [5.74, 6) is -4.45. The molecule has 1 heterocycles. The predicted molar refractivity (Wildman–Crippen MR) is 141 cm³/mol. The van der Waals surface area contributed by atoms with Gasteiger partial charge in [0.15, 0.2) is 6.10 Å². The lowest BCUT2D eigenvalue weighted by molar-refractivity contribution is -0.315. The Morgan fingerprint density at radius 1 is 0.805 bits per heavy atom. The van der Waals surface area contributed by atoms with Crippen molar-refractivity contribution in [2.45, 2.75) is 96.9 Å². The van der Waals surface area contributed by atoms with E-state index in [1.165, 1.54) is 27.7 Å². The highest BCUT2D eigenvalue weighted by atomic mass is 16.6. The minimum Gasteiger partial charge on any atom is -0.465 e. The molecule has 3 fully saturated rings. The molecule has 2 aliphatic carbocycles. The summed E-state index contributed by atoms with van der Waals surface area (Å²) in [5, 5.41) is 0.